The van der Waals surface area contributed by atoms with E-state index in [1.54, 1.807) is 0 Å². The molecule has 3 aliphatic carbocycles. The molecule has 1 aromatic rings. The second kappa shape index (κ2) is 10.2. The van der Waals surface area contributed by atoms with Gasteiger partial charge in [0.2, 0.25) is 17.7 Å². The Labute approximate surface area is 218 Å². The molecule has 7 nitrogen and oxygen atoms in total. The number of nitrogens with zero attached hydrogens (tertiary/aromatic N) is 2. The van der Waals surface area contributed by atoms with Crippen molar-refractivity contribution in [3.05, 3.63) is 29.3 Å². The smallest absolute Gasteiger partial charge is 0.242 e. The second-order valence-corrected chi connectivity index (χ2v) is 11.9. The van der Waals surface area contributed by atoms with E-state index in [1.807, 2.05) is 12.1 Å². The topological polar surface area (TPSA) is 99.1 Å². The number of carbonyl (C=O) groups is 3. The number of nitrogens with one attached hydrogen (secondary N) is 1. The van der Waals surface area contributed by atoms with E-state index < -0.39 is 5.25 Å². The first-order valence-corrected chi connectivity index (χ1v) is 14.0. The standard InChI is InChI=1S/C28H37N3O4S/c1-28-13-12-20-19-9-7-18(32)15-17(19)6-8-21(20)22(28)10-11-24(28)29-30-25(33)5-3-2-4-14-31-26(34)16-23(36)27(31)35/h7,9,15,20-23,32,36H,2-6,8,10-14,16H2,1H3,(H,30,33)/b29-24+. The minimum Gasteiger partial charge on any atom is -0.508 e. The third-order valence-electron chi connectivity index (χ3n) is 9.27. The van der Waals surface area contributed by atoms with Gasteiger partial charge in [0.15, 0.2) is 0 Å². The number of amides is 3. The van der Waals surface area contributed by atoms with Gasteiger partial charge in [-0.2, -0.15) is 17.7 Å². The number of aryl methyl sites for hydroxylation is 1. The van der Waals surface area contributed by atoms with Gasteiger partial charge in [-0.05, 0) is 92.4 Å². The zero-order valence-electron chi connectivity index (χ0n) is 21.0. The molecule has 1 aromatic carbocycles. The highest BCUT2D eigenvalue weighted by atomic mass is 32.1. The number of aromatic hydroxyl groups is 1. The first-order chi connectivity index (χ1) is 17.3. The molecule has 8 heteroatoms. The summed E-state index contributed by atoms with van der Waals surface area (Å²) in [5.41, 5.74) is 6.74. The number of phenols is 1. The summed E-state index contributed by atoms with van der Waals surface area (Å²) in [6.07, 6.45) is 9.21. The maximum atomic E-state index is 12.5. The molecule has 0 aromatic heterocycles. The van der Waals surface area contributed by atoms with Crippen LogP contribution in [0.25, 0.3) is 0 Å². The summed E-state index contributed by atoms with van der Waals surface area (Å²) in [7, 11) is 0. The first kappa shape index (κ1) is 25.3. The summed E-state index contributed by atoms with van der Waals surface area (Å²) in [5, 5.41) is 14.0. The highest BCUT2D eigenvalue weighted by Gasteiger charge is 2.53. The van der Waals surface area contributed by atoms with Crippen molar-refractivity contribution in [2.24, 2.45) is 22.4 Å². The molecule has 0 spiro atoms. The van der Waals surface area contributed by atoms with Gasteiger partial charge in [0, 0.05) is 30.5 Å². The van der Waals surface area contributed by atoms with Gasteiger partial charge in [-0.1, -0.05) is 19.4 Å². The van der Waals surface area contributed by atoms with Gasteiger partial charge in [-0.3, -0.25) is 19.3 Å². The average molecular weight is 512 g/mol. The van der Waals surface area contributed by atoms with E-state index in [1.165, 1.54) is 16.0 Å². The molecule has 1 heterocycles. The number of carbonyl (C=O) groups excluding carboxylic acids is 3. The fourth-order valence-electron chi connectivity index (χ4n) is 7.36. The van der Waals surface area contributed by atoms with E-state index in [4.69, 9.17) is 0 Å². The number of hydrogen-bond donors (Lipinski definition) is 3. The van der Waals surface area contributed by atoms with Crippen LogP contribution in [0.2, 0.25) is 0 Å². The quantitative estimate of drug-likeness (QED) is 0.220. The summed E-state index contributed by atoms with van der Waals surface area (Å²) in [4.78, 5) is 37.5. The summed E-state index contributed by atoms with van der Waals surface area (Å²) >= 11 is 4.14. The molecule has 3 fully saturated rings. The van der Waals surface area contributed by atoms with Gasteiger partial charge in [0.05, 0.1) is 5.25 Å². The number of fused-ring (bicyclic) bond motifs is 5. The number of rotatable bonds is 7. The minimum absolute atomic E-state index is 0.0442. The van der Waals surface area contributed by atoms with Crippen molar-refractivity contribution in [3.8, 4) is 5.75 Å². The highest BCUT2D eigenvalue weighted by molar-refractivity contribution is 7.81. The lowest BCUT2D eigenvalue weighted by Crippen LogP contribution is -2.43. The van der Waals surface area contributed by atoms with Crippen LogP contribution in [-0.2, 0) is 20.8 Å². The highest BCUT2D eigenvalue weighted by Crippen LogP contribution is 2.59. The van der Waals surface area contributed by atoms with Crippen LogP contribution in [0.4, 0.5) is 0 Å². The van der Waals surface area contributed by atoms with Crippen LogP contribution < -0.4 is 5.43 Å². The van der Waals surface area contributed by atoms with Crippen molar-refractivity contribution in [1.29, 1.82) is 0 Å². The van der Waals surface area contributed by atoms with Crippen LogP contribution in [0.5, 0.6) is 5.75 Å². The van der Waals surface area contributed by atoms with E-state index in [2.05, 4.69) is 36.1 Å². The molecular weight excluding hydrogens is 474 g/mol. The molecule has 1 saturated heterocycles. The van der Waals surface area contributed by atoms with Gasteiger partial charge >= 0.3 is 0 Å². The number of unbranched alkanes of at least 4 members (excludes halogenated alkanes) is 2. The van der Waals surface area contributed by atoms with E-state index in [-0.39, 0.29) is 29.6 Å². The number of imide groups is 1. The van der Waals surface area contributed by atoms with E-state index in [0.29, 0.717) is 49.3 Å². The molecule has 5 unspecified atom stereocenters. The Hall–Kier alpha value is -2.35. The summed E-state index contributed by atoms with van der Waals surface area (Å²) in [6, 6.07) is 5.90. The number of phenolic OH excluding ortho intramolecular Hbond substituents is 1. The Morgan fingerprint density at radius 3 is 2.81 bits per heavy atom. The van der Waals surface area contributed by atoms with Crippen molar-refractivity contribution in [1.82, 2.24) is 10.3 Å². The molecule has 5 atom stereocenters. The fraction of sp³-hybridized carbons (Fsp3) is 0.643. The number of thiol groups is 1. The average Bonchev–Trinajstić information content (AvgIpc) is 3.31. The number of hydrazone groups is 1. The molecule has 0 bridgehead atoms. The second-order valence-electron chi connectivity index (χ2n) is 11.3. The van der Waals surface area contributed by atoms with Crippen molar-refractivity contribution < 1.29 is 19.5 Å². The van der Waals surface area contributed by atoms with Gasteiger partial charge in [0.1, 0.15) is 5.75 Å². The molecular formula is C28H37N3O4S. The maximum absolute atomic E-state index is 12.5. The van der Waals surface area contributed by atoms with Gasteiger partial charge in [-0.25, -0.2) is 5.43 Å². The summed E-state index contributed by atoms with van der Waals surface area (Å²) in [6.45, 7) is 2.75. The van der Waals surface area contributed by atoms with Crippen molar-refractivity contribution in [3.63, 3.8) is 0 Å². The molecule has 4 aliphatic rings. The zero-order valence-corrected chi connectivity index (χ0v) is 21.9. The van der Waals surface area contributed by atoms with Crippen LogP contribution in [0, 0.1) is 17.3 Å². The lowest BCUT2D eigenvalue weighted by atomic mass is 9.55. The Kier molecular flexibility index (Phi) is 7.16. The van der Waals surface area contributed by atoms with Crippen molar-refractivity contribution in [2.75, 3.05) is 6.54 Å². The largest absolute Gasteiger partial charge is 0.508 e. The summed E-state index contributed by atoms with van der Waals surface area (Å²) < 4.78 is 0. The molecule has 3 amide bonds. The Morgan fingerprint density at radius 1 is 1.19 bits per heavy atom. The van der Waals surface area contributed by atoms with Crippen molar-refractivity contribution >= 4 is 36.1 Å². The Bertz CT molecular complexity index is 1090. The molecule has 0 radical (unpaired) electrons. The van der Waals surface area contributed by atoms with Crippen LogP contribution in [-0.4, -0.2) is 45.2 Å². The lowest BCUT2D eigenvalue weighted by Gasteiger charge is -2.49. The van der Waals surface area contributed by atoms with E-state index in [9.17, 15) is 19.5 Å². The van der Waals surface area contributed by atoms with Gasteiger partial charge in [-0.15, -0.1) is 0 Å². The molecule has 2 N–H and O–H groups in total. The molecule has 1 aliphatic heterocycles. The molecule has 194 valence electrons. The predicted octanol–water partition coefficient (Wildman–Crippen LogP) is 4.34. The van der Waals surface area contributed by atoms with E-state index >= 15 is 0 Å². The Balaban J connectivity index is 1.10. The first-order valence-electron chi connectivity index (χ1n) is 13.5. The van der Waals surface area contributed by atoms with Gasteiger partial charge < -0.3 is 5.11 Å². The van der Waals surface area contributed by atoms with Crippen LogP contribution >= 0.6 is 12.6 Å². The molecule has 2 saturated carbocycles. The lowest BCUT2D eigenvalue weighted by molar-refractivity contribution is -0.138. The minimum atomic E-state index is -0.502. The number of benzene rings is 1. The summed E-state index contributed by atoms with van der Waals surface area (Å²) in [5.74, 6) is 1.72. The van der Waals surface area contributed by atoms with Crippen LogP contribution in [0.1, 0.15) is 88.2 Å². The predicted molar refractivity (Wildman–Crippen MR) is 141 cm³/mol. The molecule has 36 heavy (non-hydrogen) atoms. The van der Waals surface area contributed by atoms with E-state index in [0.717, 1.165) is 50.7 Å². The normalized spacial score (nSPS) is 32.4. The maximum Gasteiger partial charge on any atom is 0.242 e. The van der Waals surface area contributed by atoms with Gasteiger partial charge in [0.25, 0.3) is 0 Å². The van der Waals surface area contributed by atoms with Crippen molar-refractivity contribution in [2.45, 2.75) is 88.7 Å². The monoisotopic (exact) mass is 511 g/mol. The number of likely N-dealkylation sites (tertiary alicyclic amines) is 1. The third-order valence-corrected chi connectivity index (χ3v) is 9.68. The zero-order chi connectivity index (χ0) is 25.4. The van der Waals surface area contributed by atoms with Crippen LogP contribution in [0.15, 0.2) is 23.3 Å². The SMILES string of the molecule is CC12CCC3c4ccc(O)cc4CCC3C1CC/C2=N\NC(=O)CCCCCN1C(=O)CC(S)C1=O. The van der Waals surface area contributed by atoms with Crippen LogP contribution in [0.3, 0.4) is 0 Å². The Morgan fingerprint density at radius 2 is 2.03 bits per heavy atom. The molecule has 5 rings (SSSR count). The fourth-order valence-corrected chi connectivity index (χ4v) is 7.66. The number of hydrogen-bond acceptors (Lipinski definition) is 6. The third kappa shape index (κ3) is 4.69.